The maximum Gasteiger partial charge on any atom is 0.176 e. The molecule has 0 fully saturated rings. The number of fused-ring (bicyclic) bond motifs is 3. The lowest BCUT2D eigenvalue weighted by molar-refractivity contribution is 0.373. The maximum atomic E-state index is 9.89. The van der Waals surface area contributed by atoms with Crippen LogP contribution in [0.2, 0.25) is 5.02 Å². The minimum atomic E-state index is -0.0629. The number of aliphatic imine (C=N–C) groups is 1. The van der Waals surface area contributed by atoms with Crippen LogP contribution in [-0.2, 0) is 0 Å². The summed E-state index contributed by atoms with van der Waals surface area (Å²) in [4.78, 5) is 4.57. The normalized spacial score (nSPS) is 21.3. The fourth-order valence-electron chi connectivity index (χ4n) is 4.78. The van der Waals surface area contributed by atoms with Gasteiger partial charge in [0.1, 0.15) is 0 Å². The van der Waals surface area contributed by atoms with Gasteiger partial charge in [-0.25, -0.2) is 0 Å². The fraction of sp³-hybridized carbons (Fsp3) is 0.222. The van der Waals surface area contributed by atoms with Gasteiger partial charge in [-0.05, 0) is 66.3 Å². The molecule has 5 rings (SSSR count). The van der Waals surface area contributed by atoms with Gasteiger partial charge in [0.25, 0.3) is 0 Å². The lowest BCUT2D eigenvalue weighted by Gasteiger charge is -2.37. The molecule has 1 aliphatic heterocycles. The first-order valence-electron chi connectivity index (χ1n) is 10.8. The average molecular weight is 445 g/mol. The van der Waals surface area contributed by atoms with E-state index in [0.29, 0.717) is 17.6 Å². The standard InChI is InChI=1S/C27H25ClN2O2/c1-16-6-11-24-22(12-16)20-4-3-5-21(20)26(30-24)18-7-9-19(10-8-18)29-15-17-13-23(28)27(31)25(14-17)32-2/h3-4,6-15,20-21,26,30-31H,5H2,1-2H3/t20-,21+,26-/m0/s1. The lowest BCUT2D eigenvalue weighted by atomic mass is 9.76. The van der Waals surface area contributed by atoms with Gasteiger partial charge in [-0.2, -0.15) is 0 Å². The monoisotopic (exact) mass is 444 g/mol. The smallest absolute Gasteiger partial charge is 0.176 e. The number of hydrogen-bond donors (Lipinski definition) is 2. The van der Waals surface area contributed by atoms with Crippen LogP contribution in [0.3, 0.4) is 0 Å². The van der Waals surface area contributed by atoms with Gasteiger partial charge < -0.3 is 15.2 Å². The van der Waals surface area contributed by atoms with Gasteiger partial charge in [-0.1, -0.05) is 53.6 Å². The predicted molar refractivity (Wildman–Crippen MR) is 131 cm³/mol. The van der Waals surface area contributed by atoms with Crippen LogP contribution in [0, 0.1) is 12.8 Å². The summed E-state index contributed by atoms with van der Waals surface area (Å²) >= 11 is 6.07. The van der Waals surface area contributed by atoms with Crippen molar-refractivity contribution in [1.29, 1.82) is 0 Å². The molecule has 4 nitrogen and oxygen atoms in total. The average Bonchev–Trinajstić information content (AvgIpc) is 3.30. The summed E-state index contributed by atoms with van der Waals surface area (Å²) < 4.78 is 5.16. The number of phenols is 1. The van der Waals surface area contributed by atoms with Crippen molar-refractivity contribution in [2.75, 3.05) is 12.4 Å². The molecule has 0 saturated carbocycles. The number of nitrogens with zero attached hydrogens (tertiary/aromatic N) is 1. The summed E-state index contributed by atoms with van der Waals surface area (Å²) in [5.41, 5.74) is 6.82. The highest BCUT2D eigenvalue weighted by atomic mass is 35.5. The highest BCUT2D eigenvalue weighted by Crippen LogP contribution is 2.50. The van der Waals surface area contributed by atoms with Crippen molar-refractivity contribution in [2.24, 2.45) is 10.9 Å². The molecule has 3 aromatic rings. The number of nitrogens with one attached hydrogen (secondary N) is 1. The van der Waals surface area contributed by atoms with E-state index in [1.807, 2.05) is 12.1 Å². The number of allylic oxidation sites excluding steroid dienone is 2. The number of phenolic OH excluding ortho intramolecular Hbond substituents is 1. The van der Waals surface area contributed by atoms with E-state index in [0.717, 1.165) is 17.7 Å². The summed E-state index contributed by atoms with van der Waals surface area (Å²) in [6.07, 6.45) is 7.49. The summed E-state index contributed by atoms with van der Waals surface area (Å²) in [5, 5.41) is 13.9. The minimum Gasteiger partial charge on any atom is -0.503 e. The van der Waals surface area contributed by atoms with Crippen molar-refractivity contribution in [1.82, 2.24) is 0 Å². The van der Waals surface area contributed by atoms with Gasteiger partial charge >= 0.3 is 0 Å². The Balaban J connectivity index is 1.38. The number of rotatable bonds is 4. The molecule has 3 atom stereocenters. The van der Waals surface area contributed by atoms with E-state index in [4.69, 9.17) is 16.3 Å². The molecular weight excluding hydrogens is 420 g/mol. The van der Waals surface area contributed by atoms with Gasteiger partial charge in [-0.15, -0.1) is 0 Å². The maximum absolute atomic E-state index is 9.89. The number of benzene rings is 3. The SMILES string of the molecule is COc1cc(C=Nc2ccc([C@@H]3Nc4ccc(C)cc4[C@H]4C=CC[C@H]43)cc2)cc(Cl)c1O. The zero-order chi connectivity index (χ0) is 22.2. The first kappa shape index (κ1) is 20.7. The molecule has 0 aromatic heterocycles. The molecule has 0 bridgehead atoms. The number of aromatic hydroxyl groups is 1. The number of anilines is 1. The molecule has 1 aliphatic carbocycles. The predicted octanol–water partition coefficient (Wildman–Crippen LogP) is 6.94. The van der Waals surface area contributed by atoms with Crippen LogP contribution in [0.5, 0.6) is 11.5 Å². The highest BCUT2D eigenvalue weighted by Gasteiger charge is 2.37. The Morgan fingerprint density at radius 2 is 1.94 bits per heavy atom. The van der Waals surface area contributed by atoms with Gasteiger partial charge in [0.05, 0.1) is 23.9 Å². The topological polar surface area (TPSA) is 53.8 Å². The summed E-state index contributed by atoms with van der Waals surface area (Å²) in [5.74, 6) is 1.24. The van der Waals surface area contributed by atoms with E-state index in [9.17, 15) is 5.11 Å². The number of halogens is 1. The lowest BCUT2D eigenvalue weighted by Crippen LogP contribution is -2.29. The largest absolute Gasteiger partial charge is 0.503 e. The Morgan fingerprint density at radius 3 is 2.72 bits per heavy atom. The molecule has 0 unspecified atom stereocenters. The zero-order valence-electron chi connectivity index (χ0n) is 18.0. The number of aryl methyl sites for hydroxylation is 1. The minimum absolute atomic E-state index is 0.0629. The van der Waals surface area contributed by atoms with Gasteiger partial charge in [0.2, 0.25) is 0 Å². The van der Waals surface area contributed by atoms with E-state index < -0.39 is 0 Å². The zero-order valence-corrected chi connectivity index (χ0v) is 18.8. The molecule has 32 heavy (non-hydrogen) atoms. The second-order valence-electron chi connectivity index (χ2n) is 8.47. The van der Waals surface area contributed by atoms with Gasteiger partial charge in [0.15, 0.2) is 11.5 Å². The van der Waals surface area contributed by atoms with E-state index in [1.165, 1.54) is 29.5 Å². The second kappa shape index (κ2) is 8.36. The number of methoxy groups -OCH3 is 1. The van der Waals surface area contributed by atoms with Crippen molar-refractivity contribution in [2.45, 2.75) is 25.3 Å². The quantitative estimate of drug-likeness (QED) is 0.338. The molecule has 0 radical (unpaired) electrons. The third-order valence-corrected chi connectivity index (χ3v) is 6.69. The Morgan fingerprint density at radius 1 is 1.12 bits per heavy atom. The summed E-state index contributed by atoms with van der Waals surface area (Å²) in [7, 11) is 1.49. The highest BCUT2D eigenvalue weighted by molar-refractivity contribution is 6.32. The molecule has 2 N–H and O–H groups in total. The van der Waals surface area contributed by atoms with Gasteiger partial charge in [-0.3, -0.25) is 4.99 Å². The van der Waals surface area contributed by atoms with Crippen molar-refractivity contribution >= 4 is 29.2 Å². The number of hydrogen-bond acceptors (Lipinski definition) is 4. The molecule has 0 spiro atoms. The molecule has 2 aliphatic rings. The molecule has 1 heterocycles. The van der Waals surface area contributed by atoms with Crippen molar-refractivity contribution in [3.8, 4) is 11.5 Å². The third kappa shape index (κ3) is 3.76. The Hall–Kier alpha value is -3.24. The summed E-state index contributed by atoms with van der Waals surface area (Å²) in [6.45, 7) is 2.15. The Kier molecular flexibility index (Phi) is 5.40. The van der Waals surface area contributed by atoms with Crippen LogP contribution in [0.4, 0.5) is 11.4 Å². The molecule has 0 amide bonds. The van der Waals surface area contributed by atoms with Crippen LogP contribution < -0.4 is 10.1 Å². The molecular formula is C27H25ClN2O2. The van der Waals surface area contributed by atoms with E-state index >= 15 is 0 Å². The third-order valence-electron chi connectivity index (χ3n) is 6.40. The van der Waals surface area contributed by atoms with Crippen LogP contribution in [0.15, 0.2) is 71.7 Å². The van der Waals surface area contributed by atoms with Crippen LogP contribution in [0.25, 0.3) is 0 Å². The van der Waals surface area contributed by atoms with Crippen molar-refractivity contribution < 1.29 is 9.84 Å². The van der Waals surface area contributed by atoms with Crippen molar-refractivity contribution in [3.05, 3.63) is 94.0 Å². The Bertz CT molecular complexity index is 1220. The molecule has 3 aromatic carbocycles. The van der Waals surface area contributed by atoms with E-state index in [1.54, 1.807) is 18.3 Å². The molecule has 5 heteroatoms. The number of ether oxygens (including phenoxy) is 1. The molecule has 0 saturated heterocycles. The summed E-state index contributed by atoms with van der Waals surface area (Å²) in [6, 6.07) is 18.7. The van der Waals surface area contributed by atoms with E-state index in [2.05, 4.69) is 59.7 Å². The van der Waals surface area contributed by atoms with Crippen LogP contribution >= 0.6 is 11.6 Å². The van der Waals surface area contributed by atoms with E-state index in [-0.39, 0.29) is 16.8 Å². The first-order chi connectivity index (χ1) is 15.5. The van der Waals surface area contributed by atoms with Crippen LogP contribution in [-0.4, -0.2) is 18.4 Å². The fourth-order valence-corrected chi connectivity index (χ4v) is 5.00. The van der Waals surface area contributed by atoms with Gasteiger partial charge in [0, 0.05) is 17.8 Å². The Labute approximate surface area is 193 Å². The second-order valence-corrected chi connectivity index (χ2v) is 8.88. The molecule has 162 valence electrons. The van der Waals surface area contributed by atoms with Crippen LogP contribution in [0.1, 0.15) is 40.6 Å². The first-order valence-corrected chi connectivity index (χ1v) is 11.2. The van der Waals surface area contributed by atoms with Crippen molar-refractivity contribution in [3.63, 3.8) is 0 Å².